The van der Waals surface area contributed by atoms with E-state index >= 15 is 0 Å². The number of pyridine rings is 1. The third-order valence-electron chi connectivity index (χ3n) is 3.03. The van der Waals surface area contributed by atoms with Gasteiger partial charge < -0.3 is 9.84 Å². The molecule has 1 heterocycles. The van der Waals surface area contributed by atoms with Crippen molar-refractivity contribution in [3.8, 4) is 0 Å². The van der Waals surface area contributed by atoms with Gasteiger partial charge in [0.15, 0.2) is 0 Å². The van der Waals surface area contributed by atoms with Crippen LogP contribution in [0.3, 0.4) is 0 Å². The second-order valence-electron chi connectivity index (χ2n) is 4.99. The Kier molecular flexibility index (Phi) is 4.92. The van der Waals surface area contributed by atoms with Gasteiger partial charge in [0.1, 0.15) is 0 Å². The van der Waals surface area contributed by atoms with Crippen molar-refractivity contribution >= 4 is 0 Å². The molecule has 0 spiro atoms. The highest BCUT2D eigenvalue weighted by Gasteiger charge is 2.31. The van der Waals surface area contributed by atoms with Crippen LogP contribution in [0.25, 0.3) is 0 Å². The molecule has 6 heteroatoms. The van der Waals surface area contributed by atoms with E-state index in [-0.39, 0.29) is 11.3 Å². The second kappa shape index (κ2) is 5.88. The molecule has 0 amide bonds. The highest BCUT2D eigenvalue weighted by Crippen LogP contribution is 2.30. The van der Waals surface area contributed by atoms with Crippen molar-refractivity contribution in [3.63, 3.8) is 0 Å². The Morgan fingerprint density at radius 1 is 1.32 bits per heavy atom. The molecule has 0 radical (unpaired) electrons. The monoisotopic (exact) mass is 277 g/mol. The minimum atomic E-state index is -4.41. The first-order valence-electron chi connectivity index (χ1n) is 5.92. The van der Waals surface area contributed by atoms with Crippen LogP contribution >= 0.6 is 0 Å². The highest BCUT2D eigenvalue weighted by atomic mass is 19.4. The predicted octanol–water partition coefficient (Wildman–Crippen LogP) is 3.34. The second-order valence-corrected chi connectivity index (χ2v) is 4.99. The van der Waals surface area contributed by atoms with Crippen LogP contribution < -0.4 is 0 Å². The van der Waals surface area contributed by atoms with E-state index in [1.807, 2.05) is 13.8 Å². The van der Waals surface area contributed by atoms with Crippen LogP contribution in [0.2, 0.25) is 0 Å². The van der Waals surface area contributed by atoms with Gasteiger partial charge >= 0.3 is 6.18 Å². The number of nitrogens with zero attached hydrogens (tertiary/aromatic N) is 1. The van der Waals surface area contributed by atoms with Crippen LogP contribution in [0.5, 0.6) is 0 Å². The molecule has 0 aliphatic rings. The van der Waals surface area contributed by atoms with Crippen LogP contribution in [-0.4, -0.2) is 22.8 Å². The maximum Gasteiger partial charge on any atom is 0.417 e. The largest absolute Gasteiger partial charge is 0.417 e. The van der Waals surface area contributed by atoms with Gasteiger partial charge in [0.05, 0.1) is 23.0 Å². The van der Waals surface area contributed by atoms with Gasteiger partial charge in [0, 0.05) is 13.3 Å². The lowest BCUT2D eigenvalue weighted by Crippen LogP contribution is -2.23. The van der Waals surface area contributed by atoms with E-state index < -0.39 is 17.8 Å². The zero-order valence-corrected chi connectivity index (χ0v) is 11.2. The molecule has 0 saturated heterocycles. The van der Waals surface area contributed by atoms with Gasteiger partial charge in [-0.15, -0.1) is 0 Å². The Morgan fingerprint density at radius 2 is 1.95 bits per heavy atom. The summed E-state index contributed by atoms with van der Waals surface area (Å²) in [5, 5.41) is 9.87. The van der Waals surface area contributed by atoms with Crippen LogP contribution in [0.1, 0.15) is 44.1 Å². The minimum Gasteiger partial charge on any atom is -0.387 e. The number of hydrogen-bond acceptors (Lipinski definition) is 3. The van der Waals surface area contributed by atoms with E-state index in [0.29, 0.717) is 12.8 Å². The number of alkyl halides is 3. The Bertz CT molecular complexity index is 401. The zero-order chi connectivity index (χ0) is 14.7. The molecular weight excluding hydrogens is 259 g/mol. The molecule has 0 aliphatic carbocycles. The Balaban J connectivity index is 2.66. The molecular formula is C13H18F3NO2. The molecule has 1 aromatic rings. The first-order valence-corrected chi connectivity index (χ1v) is 5.92. The maximum absolute atomic E-state index is 12.4. The summed E-state index contributed by atoms with van der Waals surface area (Å²) in [6.07, 6.45) is -3.61. The number of hydrogen-bond donors (Lipinski definition) is 1. The fraction of sp³-hybridized carbons (Fsp3) is 0.615. The van der Waals surface area contributed by atoms with E-state index in [1.54, 1.807) is 7.11 Å². The summed E-state index contributed by atoms with van der Waals surface area (Å²) in [6, 6.07) is 2.13. The van der Waals surface area contributed by atoms with Crippen molar-refractivity contribution in [2.45, 2.75) is 44.6 Å². The van der Waals surface area contributed by atoms with E-state index in [0.717, 1.165) is 12.3 Å². The summed E-state index contributed by atoms with van der Waals surface area (Å²) < 4.78 is 42.3. The number of rotatable bonds is 5. The summed E-state index contributed by atoms with van der Waals surface area (Å²) in [6.45, 7) is 3.75. The molecule has 1 rings (SSSR count). The van der Waals surface area contributed by atoms with Gasteiger partial charge in [-0.25, -0.2) is 0 Å². The molecule has 108 valence electrons. The SMILES string of the molecule is COC(C)(C)CCC(O)c1ccc(C(F)(F)F)cn1. The van der Waals surface area contributed by atoms with Gasteiger partial charge in [-0.1, -0.05) is 0 Å². The number of ether oxygens (including phenoxy) is 1. The fourth-order valence-electron chi connectivity index (χ4n) is 1.50. The van der Waals surface area contributed by atoms with Crippen LogP contribution in [0.4, 0.5) is 13.2 Å². The first-order chi connectivity index (χ1) is 8.65. The molecule has 0 bridgehead atoms. The molecule has 1 N–H and O–H groups in total. The molecule has 0 aliphatic heterocycles. The van der Waals surface area contributed by atoms with E-state index in [4.69, 9.17) is 4.74 Å². The van der Waals surface area contributed by atoms with E-state index in [2.05, 4.69) is 4.98 Å². The third-order valence-corrected chi connectivity index (χ3v) is 3.03. The van der Waals surface area contributed by atoms with Crippen molar-refractivity contribution in [3.05, 3.63) is 29.6 Å². The number of aromatic nitrogens is 1. The number of aliphatic hydroxyl groups excluding tert-OH is 1. The summed E-state index contributed by atoms with van der Waals surface area (Å²) >= 11 is 0. The lowest BCUT2D eigenvalue weighted by atomic mass is 9.98. The summed E-state index contributed by atoms with van der Waals surface area (Å²) in [5.74, 6) is 0. The van der Waals surface area contributed by atoms with Gasteiger partial charge in [0.2, 0.25) is 0 Å². The van der Waals surface area contributed by atoms with Gasteiger partial charge in [0.25, 0.3) is 0 Å². The zero-order valence-electron chi connectivity index (χ0n) is 11.2. The molecule has 19 heavy (non-hydrogen) atoms. The predicted molar refractivity (Wildman–Crippen MR) is 64.5 cm³/mol. The average molecular weight is 277 g/mol. The summed E-state index contributed by atoms with van der Waals surface area (Å²) in [4.78, 5) is 3.66. The Morgan fingerprint density at radius 3 is 2.37 bits per heavy atom. The van der Waals surface area contributed by atoms with Crippen molar-refractivity contribution in [2.24, 2.45) is 0 Å². The number of halogens is 3. The Labute approximate surface area is 110 Å². The van der Waals surface area contributed by atoms with E-state index in [9.17, 15) is 18.3 Å². The normalized spacial score (nSPS) is 14.5. The molecule has 0 aromatic carbocycles. The molecule has 1 unspecified atom stereocenters. The quantitative estimate of drug-likeness (QED) is 0.897. The third kappa shape index (κ3) is 4.80. The van der Waals surface area contributed by atoms with E-state index in [1.165, 1.54) is 6.07 Å². The molecule has 0 fully saturated rings. The highest BCUT2D eigenvalue weighted by molar-refractivity contribution is 5.18. The summed E-state index contributed by atoms with van der Waals surface area (Å²) in [5.41, 5.74) is -0.965. The minimum absolute atomic E-state index is 0.236. The van der Waals surface area contributed by atoms with Gasteiger partial charge in [-0.3, -0.25) is 4.98 Å². The standard InChI is InChI=1S/C13H18F3NO2/c1-12(2,19-3)7-6-11(18)10-5-4-9(8-17-10)13(14,15)16/h4-5,8,11,18H,6-7H2,1-3H3. The fourth-order valence-corrected chi connectivity index (χ4v) is 1.50. The van der Waals surface area contributed by atoms with Crippen LogP contribution in [-0.2, 0) is 10.9 Å². The van der Waals surface area contributed by atoms with Gasteiger partial charge in [-0.2, -0.15) is 13.2 Å². The topological polar surface area (TPSA) is 42.4 Å². The average Bonchev–Trinajstić information content (AvgIpc) is 2.35. The van der Waals surface area contributed by atoms with Crippen molar-refractivity contribution in [1.29, 1.82) is 0 Å². The van der Waals surface area contributed by atoms with Crippen LogP contribution in [0.15, 0.2) is 18.3 Å². The lowest BCUT2D eigenvalue weighted by Gasteiger charge is -2.24. The number of aliphatic hydroxyl groups is 1. The van der Waals surface area contributed by atoms with Gasteiger partial charge in [-0.05, 0) is 38.8 Å². The molecule has 3 nitrogen and oxygen atoms in total. The van der Waals surface area contributed by atoms with Crippen molar-refractivity contribution in [2.75, 3.05) is 7.11 Å². The summed E-state index contributed by atoms with van der Waals surface area (Å²) in [7, 11) is 1.57. The van der Waals surface area contributed by atoms with Crippen molar-refractivity contribution < 1.29 is 23.0 Å². The first kappa shape index (κ1) is 15.9. The lowest BCUT2D eigenvalue weighted by molar-refractivity contribution is -0.137. The molecule has 0 saturated carbocycles. The molecule has 1 aromatic heterocycles. The number of methoxy groups -OCH3 is 1. The van der Waals surface area contributed by atoms with Crippen LogP contribution in [0, 0.1) is 0 Å². The Hall–Kier alpha value is -1.14. The maximum atomic E-state index is 12.4. The van der Waals surface area contributed by atoms with Crippen molar-refractivity contribution in [1.82, 2.24) is 4.98 Å². The smallest absolute Gasteiger partial charge is 0.387 e. The molecule has 1 atom stereocenters.